The molecule has 1 aromatic carbocycles. The van der Waals surface area contributed by atoms with Crippen molar-refractivity contribution in [2.24, 2.45) is 0 Å². The first kappa shape index (κ1) is 23.1. The van der Waals surface area contributed by atoms with Crippen molar-refractivity contribution in [3.63, 3.8) is 0 Å². The number of rotatable bonds is 8. The van der Waals surface area contributed by atoms with Gasteiger partial charge in [-0.3, -0.25) is 9.59 Å². The molecule has 8 heteroatoms. The van der Waals surface area contributed by atoms with E-state index in [0.29, 0.717) is 36.9 Å². The van der Waals surface area contributed by atoms with E-state index in [2.05, 4.69) is 11.4 Å². The fourth-order valence-electron chi connectivity index (χ4n) is 4.35. The first-order chi connectivity index (χ1) is 15.5. The van der Waals surface area contributed by atoms with Crippen molar-refractivity contribution in [2.45, 2.75) is 44.8 Å². The Bertz CT molecular complexity index is 926. The lowest BCUT2D eigenvalue weighted by Crippen LogP contribution is -2.49. The van der Waals surface area contributed by atoms with Crippen molar-refractivity contribution in [2.75, 3.05) is 32.8 Å². The first-order valence-electron chi connectivity index (χ1n) is 11.2. The summed E-state index contributed by atoms with van der Waals surface area (Å²) in [5.41, 5.74) is 1.14. The fourth-order valence-corrected chi connectivity index (χ4v) is 5.40. The van der Waals surface area contributed by atoms with Gasteiger partial charge in [0.1, 0.15) is 12.4 Å². The molecule has 0 N–H and O–H groups in total. The van der Waals surface area contributed by atoms with E-state index in [9.17, 15) is 9.59 Å². The molecule has 6 nitrogen and oxygen atoms in total. The Morgan fingerprint density at radius 1 is 1.28 bits per heavy atom. The summed E-state index contributed by atoms with van der Waals surface area (Å²) in [6.45, 7) is 4.07. The number of ether oxygens (including phenoxy) is 2. The van der Waals surface area contributed by atoms with Crippen LogP contribution in [0.15, 0.2) is 35.7 Å². The number of nitrogens with zero attached hydrogens (tertiary/aromatic N) is 2. The van der Waals surface area contributed by atoms with Gasteiger partial charge in [-0.25, -0.2) is 0 Å². The second-order valence-corrected chi connectivity index (χ2v) is 9.62. The molecule has 3 heterocycles. The van der Waals surface area contributed by atoms with E-state index >= 15 is 0 Å². The lowest BCUT2D eigenvalue weighted by molar-refractivity contribution is -0.143. The standard InChI is InChI=1S/C24H29ClN2O4S/c1-2-23(28)26(14-19-4-3-12-30-19)15-24(29)27-11-9-22-20(10-13-32-22)21(27)16-31-18-7-5-17(25)6-8-18/h5-8,10,13,19,21H,2-4,9,11-12,14-16H2,1H3/t19-,21-/m1/s1. The minimum atomic E-state index is -0.186. The highest BCUT2D eigenvalue weighted by molar-refractivity contribution is 7.10. The van der Waals surface area contributed by atoms with Crippen LogP contribution < -0.4 is 4.74 Å². The molecule has 0 unspecified atom stereocenters. The van der Waals surface area contributed by atoms with Gasteiger partial charge < -0.3 is 19.3 Å². The summed E-state index contributed by atoms with van der Waals surface area (Å²) in [6, 6.07) is 9.13. The lowest BCUT2D eigenvalue weighted by atomic mass is 10.0. The topological polar surface area (TPSA) is 59.1 Å². The maximum Gasteiger partial charge on any atom is 0.242 e. The summed E-state index contributed by atoms with van der Waals surface area (Å²) in [4.78, 5) is 30.8. The number of fused-ring (bicyclic) bond motifs is 1. The van der Waals surface area contributed by atoms with Gasteiger partial charge in [0.15, 0.2) is 0 Å². The number of halogens is 1. The molecule has 2 aromatic rings. The maximum absolute atomic E-state index is 13.4. The van der Waals surface area contributed by atoms with Crippen molar-refractivity contribution in [3.05, 3.63) is 51.2 Å². The number of benzene rings is 1. The number of carbonyl (C=O) groups is 2. The first-order valence-corrected chi connectivity index (χ1v) is 12.4. The Labute approximate surface area is 198 Å². The molecule has 32 heavy (non-hydrogen) atoms. The molecular formula is C24H29ClN2O4S. The fraction of sp³-hybridized carbons (Fsp3) is 0.500. The summed E-state index contributed by atoms with van der Waals surface area (Å²) >= 11 is 7.69. The van der Waals surface area contributed by atoms with E-state index in [0.717, 1.165) is 31.4 Å². The third-order valence-corrected chi connectivity index (χ3v) is 7.31. The van der Waals surface area contributed by atoms with Gasteiger partial charge in [0.05, 0.1) is 18.7 Å². The monoisotopic (exact) mass is 476 g/mol. The Hall–Kier alpha value is -2.09. The van der Waals surface area contributed by atoms with E-state index in [1.807, 2.05) is 24.0 Å². The lowest BCUT2D eigenvalue weighted by Gasteiger charge is -2.37. The van der Waals surface area contributed by atoms with Crippen LogP contribution in [0.5, 0.6) is 5.75 Å². The van der Waals surface area contributed by atoms with Crippen LogP contribution in [-0.4, -0.2) is 60.6 Å². The molecule has 1 fully saturated rings. The summed E-state index contributed by atoms with van der Waals surface area (Å²) in [6.07, 6.45) is 3.15. The Kier molecular flexibility index (Phi) is 7.71. The molecule has 0 aliphatic carbocycles. The zero-order valence-electron chi connectivity index (χ0n) is 18.3. The van der Waals surface area contributed by atoms with Crippen LogP contribution in [0.4, 0.5) is 0 Å². The Morgan fingerprint density at radius 3 is 2.81 bits per heavy atom. The SMILES string of the molecule is CCC(=O)N(CC(=O)N1CCc2sccc2[C@H]1COc1ccc(Cl)cc1)C[C@H]1CCCO1. The zero-order chi connectivity index (χ0) is 22.5. The van der Waals surface area contributed by atoms with Crippen molar-refractivity contribution < 1.29 is 19.1 Å². The van der Waals surface area contributed by atoms with Gasteiger partial charge in [-0.1, -0.05) is 18.5 Å². The summed E-state index contributed by atoms with van der Waals surface area (Å²) in [5, 5.41) is 2.72. The molecule has 1 saturated heterocycles. The minimum Gasteiger partial charge on any atom is -0.491 e. The van der Waals surface area contributed by atoms with Crippen molar-refractivity contribution >= 4 is 34.8 Å². The molecule has 2 atom stereocenters. The molecule has 0 spiro atoms. The largest absolute Gasteiger partial charge is 0.491 e. The highest BCUT2D eigenvalue weighted by atomic mass is 35.5. The number of carbonyl (C=O) groups excluding carboxylic acids is 2. The zero-order valence-corrected chi connectivity index (χ0v) is 19.9. The van der Waals surface area contributed by atoms with Crippen LogP contribution in [0.2, 0.25) is 5.02 Å². The van der Waals surface area contributed by atoms with Gasteiger partial charge in [-0.2, -0.15) is 0 Å². The molecule has 1 aromatic heterocycles. The molecule has 0 saturated carbocycles. The van der Waals surface area contributed by atoms with Gasteiger partial charge in [0.2, 0.25) is 11.8 Å². The van der Waals surface area contributed by atoms with Crippen molar-refractivity contribution in [1.82, 2.24) is 9.80 Å². The Balaban J connectivity index is 1.47. The van der Waals surface area contributed by atoms with E-state index < -0.39 is 0 Å². The molecular weight excluding hydrogens is 448 g/mol. The third-order valence-electron chi connectivity index (χ3n) is 6.07. The van der Waals surface area contributed by atoms with Crippen LogP contribution in [0.25, 0.3) is 0 Å². The summed E-state index contributed by atoms with van der Waals surface area (Å²) < 4.78 is 11.8. The minimum absolute atomic E-state index is 0.0175. The smallest absolute Gasteiger partial charge is 0.242 e. The van der Waals surface area contributed by atoms with E-state index in [4.69, 9.17) is 21.1 Å². The van der Waals surface area contributed by atoms with E-state index in [1.165, 1.54) is 4.88 Å². The average Bonchev–Trinajstić information content (AvgIpc) is 3.49. The van der Waals surface area contributed by atoms with Crippen molar-refractivity contribution in [1.29, 1.82) is 0 Å². The van der Waals surface area contributed by atoms with Gasteiger partial charge in [-0.05, 0) is 60.5 Å². The number of thiophene rings is 1. The molecule has 172 valence electrons. The van der Waals surface area contributed by atoms with Gasteiger partial charge in [0, 0.05) is 36.0 Å². The van der Waals surface area contributed by atoms with Crippen LogP contribution in [0.1, 0.15) is 42.7 Å². The number of amides is 2. The average molecular weight is 477 g/mol. The molecule has 2 amide bonds. The maximum atomic E-state index is 13.4. The van der Waals surface area contributed by atoms with E-state index in [-0.39, 0.29) is 30.5 Å². The number of hydrogen-bond acceptors (Lipinski definition) is 5. The quantitative estimate of drug-likeness (QED) is 0.569. The Morgan fingerprint density at radius 2 is 2.09 bits per heavy atom. The molecule has 0 bridgehead atoms. The van der Waals surface area contributed by atoms with Crippen molar-refractivity contribution in [3.8, 4) is 5.75 Å². The van der Waals surface area contributed by atoms with Crippen LogP contribution in [0.3, 0.4) is 0 Å². The van der Waals surface area contributed by atoms with Crippen LogP contribution in [-0.2, 0) is 20.7 Å². The summed E-state index contributed by atoms with van der Waals surface area (Å²) in [7, 11) is 0. The third kappa shape index (κ3) is 5.45. The van der Waals surface area contributed by atoms with Gasteiger partial charge in [-0.15, -0.1) is 11.3 Å². The van der Waals surface area contributed by atoms with E-state index in [1.54, 1.807) is 28.4 Å². The highest BCUT2D eigenvalue weighted by Gasteiger charge is 2.34. The van der Waals surface area contributed by atoms with Gasteiger partial charge >= 0.3 is 0 Å². The second kappa shape index (κ2) is 10.7. The molecule has 2 aliphatic heterocycles. The van der Waals surface area contributed by atoms with Gasteiger partial charge in [0.25, 0.3) is 0 Å². The van der Waals surface area contributed by atoms with Crippen LogP contribution >= 0.6 is 22.9 Å². The molecule has 4 rings (SSSR count). The number of hydrogen-bond donors (Lipinski definition) is 0. The molecule has 0 radical (unpaired) electrons. The van der Waals surface area contributed by atoms with Crippen LogP contribution in [0, 0.1) is 0 Å². The molecule has 2 aliphatic rings. The highest BCUT2D eigenvalue weighted by Crippen LogP contribution is 2.34. The summed E-state index contributed by atoms with van der Waals surface area (Å²) in [5.74, 6) is 0.646. The second-order valence-electron chi connectivity index (χ2n) is 8.18. The normalized spacial score (nSPS) is 20.1. The predicted octanol–water partition coefficient (Wildman–Crippen LogP) is 4.32. The predicted molar refractivity (Wildman–Crippen MR) is 125 cm³/mol.